The Morgan fingerprint density at radius 3 is 2.78 bits per heavy atom. The number of hydrogen-bond acceptors (Lipinski definition) is 5. The minimum atomic E-state index is 0.0618. The number of fused-ring (bicyclic) bond motifs is 1. The standard InChI is InChI=1S/C21H19N3O2S/c25-20(24-14-6-10-17-9-4-5-11-18(17)24)15-27-21-23-22-19(26-21)13-12-16-7-2-1-3-8-16/h1-5,7-9,11-13H,6,10,14-15H2/b13-12+. The van der Waals surface area contributed by atoms with Crippen LogP contribution in [-0.2, 0) is 11.2 Å². The van der Waals surface area contributed by atoms with Crippen LogP contribution in [0.4, 0.5) is 5.69 Å². The van der Waals surface area contributed by atoms with Crippen molar-refractivity contribution in [2.75, 3.05) is 17.2 Å². The molecule has 0 atom stereocenters. The molecule has 0 fully saturated rings. The largest absolute Gasteiger partial charge is 0.412 e. The molecule has 0 radical (unpaired) electrons. The van der Waals surface area contributed by atoms with E-state index in [0.29, 0.717) is 11.1 Å². The van der Waals surface area contributed by atoms with Crippen LogP contribution in [0.1, 0.15) is 23.4 Å². The van der Waals surface area contributed by atoms with E-state index in [1.165, 1.54) is 17.3 Å². The van der Waals surface area contributed by atoms with Crippen molar-refractivity contribution in [3.8, 4) is 0 Å². The molecule has 0 saturated heterocycles. The zero-order chi connectivity index (χ0) is 18.5. The molecule has 0 spiro atoms. The molecule has 5 nitrogen and oxygen atoms in total. The van der Waals surface area contributed by atoms with Crippen LogP contribution in [0, 0.1) is 0 Å². The predicted octanol–water partition coefficient (Wildman–Crippen LogP) is 4.31. The fourth-order valence-corrected chi connectivity index (χ4v) is 3.72. The second-order valence-corrected chi connectivity index (χ2v) is 7.14. The van der Waals surface area contributed by atoms with Crippen LogP contribution in [-0.4, -0.2) is 28.4 Å². The fourth-order valence-electron chi connectivity index (χ4n) is 3.07. The maximum atomic E-state index is 12.7. The van der Waals surface area contributed by atoms with Gasteiger partial charge >= 0.3 is 0 Å². The van der Waals surface area contributed by atoms with Gasteiger partial charge in [-0.05, 0) is 36.1 Å². The van der Waals surface area contributed by atoms with Gasteiger partial charge in [0, 0.05) is 18.3 Å². The number of carbonyl (C=O) groups is 1. The average molecular weight is 377 g/mol. The number of benzene rings is 2. The van der Waals surface area contributed by atoms with Crippen LogP contribution < -0.4 is 4.90 Å². The second kappa shape index (κ2) is 8.22. The highest BCUT2D eigenvalue weighted by atomic mass is 32.2. The van der Waals surface area contributed by atoms with Gasteiger partial charge in [-0.3, -0.25) is 4.79 Å². The molecule has 4 rings (SSSR count). The highest BCUT2D eigenvalue weighted by molar-refractivity contribution is 7.99. The molecule has 27 heavy (non-hydrogen) atoms. The van der Waals surface area contributed by atoms with E-state index in [1.54, 1.807) is 6.08 Å². The molecular weight excluding hydrogens is 358 g/mol. The second-order valence-electron chi connectivity index (χ2n) is 6.22. The Morgan fingerprint density at radius 1 is 1.07 bits per heavy atom. The van der Waals surface area contributed by atoms with Crippen molar-refractivity contribution in [3.63, 3.8) is 0 Å². The van der Waals surface area contributed by atoms with E-state index in [0.717, 1.165) is 30.6 Å². The third-order valence-corrected chi connectivity index (χ3v) is 5.17. The summed E-state index contributed by atoms with van der Waals surface area (Å²) in [6.07, 6.45) is 5.70. The van der Waals surface area contributed by atoms with Gasteiger partial charge in [0.15, 0.2) is 0 Å². The first-order valence-electron chi connectivity index (χ1n) is 8.87. The maximum absolute atomic E-state index is 12.7. The molecule has 0 N–H and O–H groups in total. The molecule has 0 unspecified atom stereocenters. The van der Waals surface area contributed by atoms with Gasteiger partial charge in [-0.15, -0.1) is 10.2 Å². The Balaban J connectivity index is 1.36. The topological polar surface area (TPSA) is 59.2 Å². The molecule has 0 saturated carbocycles. The Kier molecular flexibility index (Phi) is 5.34. The van der Waals surface area contributed by atoms with Crippen LogP contribution in [0.3, 0.4) is 0 Å². The Morgan fingerprint density at radius 2 is 1.89 bits per heavy atom. The molecule has 6 heteroatoms. The monoisotopic (exact) mass is 377 g/mol. The quantitative estimate of drug-likeness (QED) is 0.620. The summed E-state index contributed by atoms with van der Waals surface area (Å²) in [4.78, 5) is 14.5. The van der Waals surface area contributed by atoms with E-state index in [-0.39, 0.29) is 11.7 Å². The summed E-state index contributed by atoms with van der Waals surface area (Å²) in [5, 5.41) is 8.43. The van der Waals surface area contributed by atoms with Gasteiger partial charge in [0.2, 0.25) is 11.8 Å². The number of hydrogen-bond donors (Lipinski definition) is 0. The van der Waals surface area contributed by atoms with Gasteiger partial charge in [0.25, 0.3) is 5.22 Å². The summed E-state index contributed by atoms with van der Waals surface area (Å²) in [6.45, 7) is 0.755. The van der Waals surface area contributed by atoms with Crippen LogP contribution in [0.5, 0.6) is 0 Å². The Bertz CT molecular complexity index is 953. The minimum Gasteiger partial charge on any atom is -0.412 e. The number of aromatic nitrogens is 2. The van der Waals surface area contributed by atoms with Gasteiger partial charge < -0.3 is 9.32 Å². The lowest BCUT2D eigenvalue weighted by Gasteiger charge is -2.29. The predicted molar refractivity (Wildman–Crippen MR) is 108 cm³/mol. The SMILES string of the molecule is O=C(CSc1nnc(/C=C/c2ccccc2)o1)N1CCCc2ccccc21. The molecule has 1 aliphatic heterocycles. The number of para-hydroxylation sites is 1. The lowest BCUT2D eigenvalue weighted by Crippen LogP contribution is -2.36. The van der Waals surface area contributed by atoms with Crippen molar-refractivity contribution in [2.24, 2.45) is 0 Å². The molecule has 136 valence electrons. The summed E-state index contributed by atoms with van der Waals surface area (Å²) in [7, 11) is 0. The Hall–Kier alpha value is -2.86. The third kappa shape index (κ3) is 4.28. The molecule has 2 heterocycles. The number of anilines is 1. The maximum Gasteiger partial charge on any atom is 0.277 e. The average Bonchev–Trinajstić information content (AvgIpc) is 3.19. The van der Waals surface area contributed by atoms with Crippen molar-refractivity contribution in [2.45, 2.75) is 18.1 Å². The van der Waals surface area contributed by atoms with E-state index >= 15 is 0 Å². The third-order valence-electron chi connectivity index (χ3n) is 4.37. The number of thioether (sulfide) groups is 1. The lowest BCUT2D eigenvalue weighted by atomic mass is 10.0. The van der Waals surface area contributed by atoms with Gasteiger partial charge in [-0.25, -0.2) is 0 Å². The van der Waals surface area contributed by atoms with Gasteiger partial charge in [0.1, 0.15) is 0 Å². The van der Waals surface area contributed by atoms with Gasteiger partial charge in [0.05, 0.1) is 5.75 Å². The van der Waals surface area contributed by atoms with Crippen LogP contribution >= 0.6 is 11.8 Å². The van der Waals surface area contributed by atoms with Crippen LogP contribution in [0.2, 0.25) is 0 Å². The number of nitrogens with zero attached hydrogens (tertiary/aromatic N) is 3. The number of rotatable bonds is 5. The smallest absolute Gasteiger partial charge is 0.277 e. The van der Waals surface area contributed by atoms with E-state index in [1.807, 2.05) is 59.5 Å². The van der Waals surface area contributed by atoms with Crippen molar-refractivity contribution in [3.05, 3.63) is 71.6 Å². The highest BCUT2D eigenvalue weighted by Gasteiger charge is 2.22. The fraction of sp³-hybridized carbons (Fsp3) is 0.190. The summed E-state index contributed by atoms with van der Waals surface area (Å²) >= 11 is 1.27. The molecule has 0 aliphatic carbocycles. The van der Waals surface area contributed by atoms with Gasteiger partial charge in [-0.2, -0.15) is 0 Å². The number of carbonyl (C=O) groups excluding carboxylic acids is 1. The minimum absolute atomic E-state index is 0.0618. The number of aryl methyl sites for hydroxylation is 1. The first-order chi connectivity index (χ1) is 13.3. The van der Waals surface area contributed by atoms with Crippen LogP contribution in [0.25, 0.3) is 12.2 Å². The zero-order valence-corrected chi connectivity index (χ0v) is 15.6. The van der Waals surface area contributed by atoms with E-state index in [4.69, 9.17) is 4.42 Å². The summed E-state index contributed by atoms with van der Waals surface area (Å²) < 4.78 is 5.60. The molecular formula is C21H19N3O2S. The first-order valence-corrected chi connectivity index (χ1v) is 9.86. The molecule has 1 aliphatic rings. The molecule has 0 bridgehead atoms. The first kappa shape index (κ1) is 17.5. The van der Waals surface area contributed by atoms with Gasteiger partial charge in [-0.1, -0.05) is 60.3 Å². The van der Waals surface area contributed by atoms with Crippen molar-refractivity contribution in [1.82, 2.24) is 10.2 Å². The summed E-state index contributed by atoms with van der Waals surface area (Å²) in [6, 6.07) is 18.0. The van der Waals surface area contributed by atoms with E-state index in [9.17, 15) is 4.79 Å². The van der Waals surface area contributed by atoms with Crippen LogP contribution in [0.15, 0.2) is 64.2 Å². The summed E-state index contributed by atoms with van der Waals surface area (Å²) in [5.41, 5.74) is 3.31. The molecule has 3 aromatic rings. The van der Waals surface area contributed by atoms with Crippen molar-refractivity contribution < 1.29 is 9.21 Å². The highest BCUT2D eigenvalue weighted by Crippen LogP contribution is 2.28. The molecule has 1 amide bonds. The lowest BCUT2D eigenvalue weighted by molar-refractivity contribution is -0.116. The zero-order valence-electron chi connectivity index (χ0n) is 14.7. The van der Waals surface area contributed by atoms with Crippen molar-refractivity contribution >= 4 is 35.5 Å². The Labute approximate surface area is 162 Å². The molecule has 2 aromatic carbocycles. The normalized spacial score (nSPS) is 13.7. The van der Waals surface area contributed by atoms with E-state index in [2.05, 4.69) is 16.3 Å². The number of amides is 1. The van der Waals surface area contributed by atoms with Crippen molar-refractivity contribution in [1.29, 1.82) is 0 Å². The van der Waals surface area contributed by atoms with E-state index < -0.39 is 0 Å². The molecule has 1 aromatic heterocycles. The summed E-state index contributed by atoms with van der Waals surface area (Å²) in [5.74, 6) is 0.766.